The largest absolute Gasteiger partial charge is 0.350 e. The normalized spacial score (nSPS) is 28.3. The van der Waals surface area contributed by atoms with Gasteiger partial charge in [-0.15, -0.1) is 0 Å². The van der Waals surface area contributed by atoms with E-state index in [4.69, 9.17) is 0 Å². The predicted octanol–water partition coefficient (Wildman–Crippen LogP) is 3.37. The highest BCUT2D eigenvalue weighted by Gasteiger charge is 2.55. The third-order valence-corrected chi connectivity index (χ3v) is 6.02. The molecule has 1 saturated carbocycles. The number of carbonyl (C=O) groups excluding carboxylic acids is 2. The average Bonchev–Trinajstić information content (AvgIpc) is 2.86. The fraction of sp³-hybridized carbons (Fsp3) is 0.474. The van der Waals surface area contributed by atoms with E-state index in [1.54, 1.807) is 6.08 Å². The molecule has 0 aliphatic heterocycles. The van der Waals surface area contributed by atoms with Crippen LogP contribution in [0, 0.1) is 5.92 Å². The maximum absolute atomic E-state index is 13.4. The lowest BCUT2D eigenvalue weighted by Gasteiger charge is -2.40. The van der Waals surface area contributed by atoms with E-state index in [-0.39, 0.29) is 17.1 Å². The molecule has 2 bridgehead atoms. The molecule has 2 aliphatic rings. The predicted molar refractivity (Wildman–Crippen MR) is 88.1 cm³/mol. The number of carbonyl (C=O) groups is 1. The summed E-state index contributed by atoms with van der Waals surface area (Å²) in [5.74, 6) is -0.0326. The Morgan fingerprint density at radius 2 is 2.09 bits per heavy atom. The van der Waals surface area contributed by atoms with Gasteiger partial charge < -0.3 is 4.57 Å². The molecule has 1 fully saturated rings. The molecule has 1 aromatic heterocycles. The van der Waals surface area contributed by atoms with Crippen molar-refractivity contribution >= 4 is 22.8 Å². The zero-order valence-electron chi connectivity index (χ0n) is 13.7. The van der Waals surface area contributed by atoms with Crippen molar-refractivity contribution in [2.24, 2.45) is 18.0 Å². The van der Waals surface area contributed by atoms with Gasteiger partial charge in [-0.3, -0.25) is 4.79 Å². The number of hydrogen-bond acceptors (Lipinski definition) is 3. The number of Topliss-reactive ketones (excluding diaryl/α,β-unsaturated/α-hetero) is 1. The van der Waals surface area contributed by atoms with E-state index in [9.17, 15) is 9.59 Å². The van der Waals surface area contributed by atoms with E-state index in [0.29, 0.717) is 6.42 Å². The first-order valence-electron chi connectivity index (χ1n) is 8.16. The summed E-state index contributed by atoms with van der Waals surface area (Å²) >= 11 is 0. The minimum atomic E-state index is -1.05. The van der Waals surface area contributed by atoms with Crippen molar-refractivity contribution in [2.75, 3.05) is 0 Å². The van der Waals surface area contributed by atoms with Gasteiger partial charge in [0.2, 0.25) is 6.08 Å². The van der Waals surface area contributed by atoms with Crippen molar-refractivity contribution in [1.82, 2.24) is 4.57 Å². The summed E-state index contributed by atoms with van der Waals surface area (Å²) in [5, 5.41) is 1.09. The third kappa shape index (κ3) is 1.59. The molecule has 0 amide bonds. The van der Waals surface area contributed by atoms with E-state index in [2.05, 4.69) is 35.7 Å². The molecule has 23 heavy (non-hydrogen) atoms. The number of rotatable bonds is 1. The summed E-state index contributed by atoms with van der Waals surface area (Å²) in [6, 6.07) is 5.99. The van der Waals surface area contributed by atoms with Crippen LogP contribution in [0.4, 0.5) is 0 Å². The van der Waals surface area contributed by atoms with Gasteiger partial charge in [-0.25, -0.2) is 4.79 Å². The van der Waals surface area contributed by atoms with Crippen LogP contribution in [0.3, 0.4) is 0 Å². The van der Waals surface area contributed by atoms with E-state index in [1.807, 2.05) is 19.2 Å². The summed E-state index contributed by atoms with van der Waals surface area (Å²) in [6.07, 6.45) is 6.19. The number of fused-ring (bicyclic) bond motifs is 3. The van der Waals surface area contributed by atoms with Gasteiger partial charge in [0, 0.05) is 35.5 Å². The molecule has 0 saturated heterocycles. The Labute approximate surface area is 135 Å². The first-order chi connectivity index (χ1) is 10.9. The first kappa shape index (κ1) is 14.4. The molecule has 118 valence electrons. The number of nitrogens with zero attached hydrogens (tertiary/aromatic N) is 2. The molecule has 1 heterocycles. The Morgan fingerprint density at radius 1 is 1.30 bits per heavy atom. The summed E-state index contributed by atoms with van der Waals surface area (Å²) in [7, 11) is 2.03. The first-order valence-corrected chi connectivity index (χ1v) is 8.16. The smallest absolute Gasteiger partial charge is 0.236 e. The molecule has 0 spiro atoms. The Morgan fingerprint density at radius 3 is 2.83 bits per heavy atom. The minimum absolute atomic E-state index is 0.0865. The average molecular weight is 308 g/mol. The second-order valence-electron chi connectivity index (χ2n) is 7.45. The van der Waals surface area contributed by atoms with Gasteiger partial charge in [-0.05, 0) is 36.5 Å². The van der Waals surface area contributed by atoms with E-state index in [1.165, 1.54) is 5.56 Å². The number of aliphatic imine (C=N–C) groups is 1. The highest BCUT2D eigenvalue weighted by Crippen LogP contribution is 2.53. The highest BCUT2D eigenvalue weighted by molar-refractivity contribution is 6.03. The number of ketones is 1. The zero-order valence-corrected chi connectivity index (χ0v) is 13.7. The fourth-order valence-corrected chi connectivity index (χ4v) is 4.78. The van der Waals surface area contributed by atoms with Crippen molar-refractivity contribution in [3.8, 4) is 0 Å². The monoisotopic (exact) mass is 308 g/mol. The molecule has 1 aromatic carbocycles. The van der Waals surface area contributed by atoms with Gasteiger partial charge in [0.05, 0.1) is 0 Å². The summed E-state index contributed by atoms with van der Waals surface area (Å²) in [5.41, 5.74) is 1.84. The second kappa shape index (κ2) is 4.42. The van der Waals surface area contributed by atoms with Gasteiger partial charge in [0.25, 0.3) is 0 Å². The molecular weight excluding hydrogens is 288 g/mol. The van der Waals surface area contributed by atoms with Gasteiger partial charge >= 0.3 is 0 Å². The van der Waals surface area contributed by atoms with Crippen LogP contribution in [0.15, 0.2) is 29.4 Å². The maximum Gasteiger partial charge on any atom is 0.236 e. The van der Waals surface area contributed by atoms with E-state index in [0.717, 1.165) is 29.3 Å². The molecule has 2 aromatic rings. The fourth-order valence-electron chi connectivity index (χ4n) is 4.78. The van der Waals surface area contributed by atoms with E-state index < -0.39 is 5.54 Å². The second-order valence-corrected chi connectivity index (χ2v) is 7.45. The van der Waals surface area contributed by atoms with Crippen LogP contribution in [0.25, 0.3) is 10.9 Å². The molecule has 4 rings (SSSR count). The summed E-state index contributed by atoms with van der Waals surface area (Å²) in [6.45, 7) is 4.29. The van der Waals surface area contributed by atoms with Crippen LogP contribution in [-0.4, -0.2) is 16.4 Å². The lowest BCUT2D eigenvalue weighted by atomic mass is 9.64. The number of aromatic nitrogens is 1. The quantitative estimate of drug-likeness (QED) is 0.599. The Hall–Kier alpha value is -2.19. The van der Waals surface area contributed by atoms with Crippen molar-refractivity contribution in [1.29, 1.82) is 0 Å². The third-order valence-electron chi connectivity index (χ3n) is 6.02. The lowest BCUT2D eigenvalue weighted by molar-refractivity contribution is -0.133. The highest BCUT2D eigenvalue weighted by atomic mass is 16.1. The molecule has 2 atom stereocenters. The zero-order chi connectivity index (χ0) is 16.4. The van der Waals surface area contributed by atoms with Crippen molar-refractivity contribution in [2.45, 2.75) is 44.1 Å². The van der Waals surface area contributed by atoms with Gasteiger partial charge in [-0.1, -0.05) is 26.0 Å². The standard InChI is InChI=1S/C19H20N2O2/c1-18(2)13-7-5-9-19(17(13)23,20-11-22)12-6-4-8-15-16(12)14(18)10-21(15)3/h4,6,8,10,13H,5,7,9H2,1-3H3/t13-,19+/m0/s1. The number of isocyanates is 1. The summed E-state index contributed by atoms with van der Waals surface area (Å²) in [4.78, 5) is 28.7. The van der Waals surface area contributed by atoms with Crippen LogP contribution in [0.2, 0.25) is 0 Å². The van der Waals surface area contributed by atoms with Crippen molar-refractivity contribution in [3.63, 3.8) is 0 Å². The molecule has 4 nitrogen and oxygen atoms in total. The number of benzene rings is 1. The topological polar surface area (TPSA) is 51.4 Å². The molecule has 0 N–H and O–H groups in total. The van der Waals surface area contributed by atoms with Crippen LogP contribution in [0.1, 0.15) is 44.2 Å². The van der Waals surface area contributed by atoms with Crippen molar-refractivity contribution < 1.29 is 9.59 Å². The minimum Gasteiger partial charge on any atom is -0.350 e. The van der Waals surface area contributed by atoms with Crippen LogP contribution in [-0.2, 0) is 27.6 Å². The van der Waals surface area contributed by atoms with Gasteiger partial charge in [-0.2, -0.15) is 4.99 Å². The van der Waals surface area contributed by atoms with Crippen LogP contribution >= 0.6 is 0 Å². The molecule has 0 unspecified atom stereocenters. The van der Waals surface area contributed by atoms with Crippen LogP contribution < -0.4 is 0 Å². The van der Waals surface area contributed by atoms with Gasteiger partial charge in [0.15, 0.2) is 11.3 Å². The van der Waals surface area contributed by atoms with Crippen molar-refractivity contribution in [3.05, 3.63) is 35.5 Å². The Kier molecular flexibility index (Phi) is 2.77. The number of hydrogen-bond donors (Lipinski definition) is 0. The molecule has 0 radical (unpaired) electrons. The SMILES string of the molecule is Cn1cc2c3c(cccc31)[C@]1(N=C=O)CCC[C@@H](C1=O)C2(C)C. The Bertz CT molecular complexity index is 886. The molecule has 2 aliphatic carbocycles. The summed E-state index contributed by atoms with van der Waals surface area (Å²) < 4.78 is 2.11. The number of aryl methyl sites for hydroxylation is 1. The molecular formula is C19H20N2O2. The maximum atomic E-state index is 13.4. The Balaban J connectivity index is 2.23. The van der Waals surface area contributed by atoms with Gasteiger partial charge in [0.1, 0.15) is 0 Å². The van der Waals surface area contributed by atoms with E-state index >= 15 is 0 Å². The molecule has 4 heteroatoms. The van der Waals surface area contributed by atoms with Crippen LogP contribution in [0.5, 0.6) is 0 Å². The lowest BCUT2D eigenvalue weighted by Crippen LogP contribution is -2.46.